The molecular formula is C20H24N4O5. The second kappa shape index (κ2) is 9.33. The molecule has 2 heterocycles. The molecule has 2 aromatic rings. The molecule has 0 bridgehead atoms. The van der Waals surface area contributed by atoms with E-state index in [-0.39, 0.29) is 29.3 Å². The van der Waals surface area contributed by atoms with E-state index < -0.39 is 4.92 Å². The van der Waals surface area contributed by atoms with Crippen molar-refractivity contribution in [2.45, 2.75) is 32.4 Å². The average Bonchev–Trinajstić information content (AvgIpc) is 2.70. The molecule has 9 heteroatoms. The van der Waals surface area contributed by atoms with Gasteiger partial charge in [0.25, 0.3) is 5.69 Å². The first-order valence-corrected chi connectivity index (χ1v) is 9.50. The van der Waals surface area contributed by atoms with Crippen LogP contribution in [0.3, 0.4) is 0 Å². The molecule has 1 aromatic carbocycles. The molecule has 1 saturated heterocycles. The van der Waals surface area contributed by atoms with Crippen LogP contribution in [0.2, 0.25) is 0 Å². The Balaban J connectivity index is 1.78. The van der Waals surface area contributed by atoms with Gasteiger partial charge in [0, 0.05) is 36.1 Å². The number of piperidine rings is 1. The van der Waals surface area contributed by atoms with E-state index in [4.69, 9.17) is 4.74 Å². The number of amides is 1. The predicted octanol–water partition coefficient (Wildman–Crippen LogP) is 2.39. The fourth-order valence-corrected chi connectivity index (χ4v) is 3.43. The normalized spacial score (nSPS) is 14.4. The van der Waals surface area contributed by atoms with Crippen LogP contribution in [0.15, 0.2) is 41.3 Å². The third-order valence-corrected chi connectivity index (χ3v) is 4.89. The lowest BCUT2D eigenvalue weighted by molar-refractivity contribution is -0.384. The molecule has 9 nitrogen and oxygen atoms in total. The highest BCUT2D eigenvalue weighted by Gasteiger charge is 2.16. The van der Waals surface area contributed by atoms with Crippen molar-refractivity contribution in [1.29, 1.82) is 0 Å². The van der Waals surface area contributed by atoms with E-state index in [9.17, 15) is 19.7 Å². The van der Waals surface area contributed by atoms with Crippen LogP contribution in [0, 0.1) is 10.1 Å². The first kappa shape index (κ1) is 20.5. The van der Waals surface area contributed by atoms with Crippen molar-refractivity contribution in [1.82, 2.24) is 9.47 Å². The molecule has 0 unspecified atom stereocenters. The number of likely N-dealkylation sites (tertiary alicyclic amines) is 1. The maximum absolute atomic E-state index is 12.6. The van der Waals surface area contributed by atoms with Gasteiger partial charge in [-0.2, -0.15) is 0 Å². The second-order valence-electron chi connectivity index (χ2n) is 7.02. The standard InChI is InChI=1S/C20H24N4O5/c1-29-19-13-23(17(11-18(19)25)12-22-8-3-2-4-9-22)14-20(26)21-15-6-5-7-16(10-15)24(27)28/h5-7,10-11,13H,2-4,8-9,12,14H2,1H3,(H,21,26). The average molecular weight is 400 g/mol. The number of hydrogen-bond acceptors (Lipinski definition) is 6. The Labute approximate surface area is 168 Å². The van der Waals surface area contributed by atoms with Crippen molar-refractivity contribution >= 4 is 17.3 Å². The fraction of sp³-hybridized carbons (Fsp3) is 0.400. The summed E-state index contributed by atoms with van der Waals surface area (Å²) < 4.78 is 6.81. The van der Waals surface area contributed by atoms with E-state index in [1.54, 1.807) is 10.6 Å². The monoisotopic (exact) mass is 400 g/mol. The van der Waals surface area contributed by atoms with Gasteiger partial charge in [0.1, 0.15) is 6.54 Å². The third-order valence-electron chi connectivity index (χ3n) is 4.89. The summed E-state index contributed by atoms with van der Waals surface area (Å²) >= 11 is 0. The number of rotatable bonds is 7. The van der Waals surface area contributed by atoms with Gasteiger partial charge >= 0.3 is 0 Å². The molecule has 3 rings (SSSR count). The van der Waals surface area contributed by atoms with Gasteiger partial charge in [0.15, 0.2) is 5.75 Å². The van der Waals surface area contributed by atoms with E-state index in [1.165, 1.54) is 44.0 Å². The number of hydrogen-bond donors (Lipinski definition) is 1. The topological polar surface area (TPSA) is 107 Å². The third kappa shape index (κ3) is 5.41. The van der Waals surface area contributed by atoms with E-state index in [0.717, 1.165) is 31.6 Å². The summed E-state index contributed by atoms with van der Waals surface area (Å²) in [4.78, 5) is 37.4. The Bertz CT molecular complexity index is 950. The summed E-state index contributed by atoms with van der Waals surface area (Å²) in [7, 11) is 1.41. The number of nitrogens with zero attached hydrogens (tertiary/aromatic N) is 3. The number of nitro groups is 1. The van der Waals surface area contributed by atoms with E-state index >= 15 is 0 Å². The number of anilines is 1. The van der Waals surface area contributed by atoms with Gasteiger partial charge in [-0.25, -0.2) is 0 Å². The van der Waals surface area contributed by atoms with Crippen LogP contribution in [0.25, 0.3) is 0 Å². The van der Waals surface area contributed by atoms with Crippen LogP contribution in [-0.2, 0) is 17.9 Å². The van der Waals surface area contributed by atoms with Gasteiger partial charge in [-0.05, 0) is 32.0 Å². The first-order chi connectivity index (χ1) is 14.0. The number of carbonyl (C=O) groups excluding carboxylic acids is 1. The van der Waals surface area contributed by atoms with Crippen molar-refractivity contribution < 1.29 is 14.5 Å². The van der Waals surface area contributed by atoms with Crippen LogP contribution in [0.5, 0.6) is 5.75 Å². The Morgan fingerprint density at radius 3 is 2.69 bits per heavy atom. The summed E-state index contributed by atoms with van der Waals surface area (Å²) in [5.41, 5.74) is 0.746. The number of methoxy groups -OCH3 is 1. The van der Waals surface area contributed by atoms with Crippen molar-refractivity contribution in [2.75, 3.05) is 25.5 Å². The van der Waals surface area contributed by atoms with Crippen LogP contribution < -0.4 is 15.5 Å². The largest absolute Gasteiger partial charge is 0.491 e. The predicted molar refractivity (Wildman–Crippen MR) is 108 cm³/mol. The summed E-state index contributed by atoms with van der Waals surface area (Å²) in [6.45, 7) is 2.45. The highest BCUT2D eigenvalue weighted by molar-refractivity contribution is 5.90. The van der Waals surface area contributed by atoms with Crippen LogP contribution in [0.4, 0.5) is 11.4 Å². The van der Waals surface area contributed by atoms with Gasteiger partial charge in [0.2, 0.25) is 11.3 Å². The van der Waals surface area contributed by atoms with Crippen LogP contribution in [0.1, 0.15) is 25.0 Å². The van der Waals surface area contributed by atoms with Gasteiger partial charge in [0.05, 0.1) is 18.2 Å². The quantitative estimate of drug-likeness (QED) is 0.565. The Morgan fingerprint density at radius 2 is 2.00 bits per heavy atom. The molecule has 0 spiro atoms. The number of aromatic nitrogens is 1. The smallest absolute Gasteiger partial charge is 0.271 e. The Hall–Kier alpha value is -3.20. The van der Waals surface area contributed by atoms with E-state index in [2.05, 4.69) is 10.2 Å². The SMILES string of the molecule is COc1cn(CC(=O)Nc2cccc([N+](=O)[O-])c2)c(CN2CCCCC2)cc1=O. The molecule has 1 amide bonds. The minimum Gasteiger partial charge on any atom is -0.491 e. The number of pyridine rings is 1. The molecule has 0 atom stereocenters. The molecule has 154 valence electrons. The molecule has 0 saturated carbocycles. The van der Waals surface area contributed by atoms with Gasteiger partial charge in [-0.3, -0.25) is 24.6 Å². The highest BCUT2D eigenvalue weighted by atomic mass is 16.6. The van der Waals surface area contributed by atoms with Crippen molar-refractivity contribution in [3.63, 3.8) is 0 Å². The van der Waals surface area contributed by atoms with Crippen molar-refractivity contribution in [3.05, 3.63) is 62.6 Å². The maximum Gasteiger partial charge on any atom is 0.271 e. The minimum absolute atomic E-state index is 0.0392. The van der Waals surface area contributed by atoms with Crippen molar-refractivity contribution in [2.24, 2.45) is 0 Å². The van der Waals surface area contributed by atoms with Gasteiger partial charge < -0.3 is 14.6 Å². The lowest BCUT2D eigenvalue weighted by Crippen LogP contribution is -2.32. The molecular weight excluding hydrogens is 376 g/mol. The number of non-ortho nitro benzene ring substituents is 1. The van der Waals surface area contributed by atoms with E-state index in [1.807, 2.05) is 0 Å². The molecule has 0 radical (unpaired) electrons. The number of nitro benzene ring substituents is 1. The maximum atomic E-state index is 12.6. The molecule has 1 fully saturated rings. The van der Waals surface area contributed by atoms with Crippen LogP contribution >= 0.6 is 0 Å². The highest BCUT2D eigenvalue weighted by Crippen LogP contribution is 2.18. The molecule has 1 aliphatic heterocycles. The van der Waals surface area contributed by atoms with Crippen molar-refractivity contribution in [3.8, 4) is 5.75 Å². The second-order valence-corrected chi connectivity index (χ2v) is 7.02. The number of nitrogens with one attached hydrogen (secondary N) is 1. The number of carbonyl (C=O) groups is 1. The summed E-state index contributed by atoms with van der Waals surface area (Å²) in [5, 5.41) is 13.6. The molecule has 1 aliphatic rings. The van der Waals surface area contributed by atoms with Crippen LogP contribution in [-0.4, -0.2) is 40.5 Å². The zero-order valence-electron chi connectivity index (χ0n) is 16.3. The Morgan fingerprint density at radius 1 is 1.24 bits per heavy atom. The zero-order chi connectivity index (χ0) is 20.8. The van der Waals surface area contributed by atoms with Gasteiger partial charge in [-0.15, -0.1) is 0 Å². The molecule has 29 heavy (non-hydrogen) atoms. The summed E-state index contributed by atoms with van der Waals surface area (Å²) in [6, 6.07) is 7.27. The van der Waals surface area contributed by atoms with E-state index in [0.29, 0.717) is 12.2 Å². The van der Waals surface area contributed by atoms with Gasteiger partial charge in [-0.1, -0.05) is 12.5 Å². The molecule has 0 aliphatic carbocycles. The first-order valence-electron chi connectivity index (χ1n) is 9.50. The minimum atomic E-state index is -0.515. The summed E-state index contributed by atoms with van der Waals surface area (Å²) in [6.07, 6.45) is 4.98. The fourth-order valence-electron chi connectivity index (χ4n) is 3.43. The number of ether oxygens (including phenoxy) is 1. The summed E-state index contributed by atoms with van der Waals surface area (Å²) in [5.74, 6) is -0.188. The zero-order valence-corrected chi connectivity index (χ0v) is 16.3. The molecule has 1 N–H and O–H groups in total. The number of benzene rings is 1. The lowest BCUT2D eigenvalue weighted by Gasteiger charge is -2.27. The Kier molecular flexibility index (Phi) is 6.61. The lowest BCUT2D eigenvalue weighted by atomic mass is 10.1. The molecule has 1 aromatic heterocycles.